The highest BCUT2D eigenvalue weighted by Gasteiger charge is 2.08. The molecule has 0 unspecified atom stereocenters. The number of nitrogens with zero attached hydrogens (tertiary/aromatic N) is 2. The Kier molecular flexibility index (Phi) is 9.80. The summed E-state index contributed by atoms with van der Waals surface area (Å²) in [5.41, 5.74) is 2.14. The summed E-state index contributed by atoms with van der Waals surface area (Å²) >= 11 is 5.77. The maximum atomic E-state index is 5.77. The predicted molar refractivity (Wildman–Crippen MR) is 99.9 cm³/mol. The number of methoxy groups -OCH3 is 2. The number of halogens is 3. The molecule has 0 aliphatic carbocycles. The monoisotopic (exact) mass is 378 g/mol. The van der Waals surface area contributed by atoms with Crippen molar-refractivity contribution < 1.29 is 9.47 Å². The van der Waals surface area contributed by atoms with Crippen molar-refractivity contribution in [2.75, 3.05) is 26.2 Å². The third-order valence-electron chi connectivity index (χ3n) is 3.22. The lowest BCUT2D eigenvalue weighted by molar-refractivity contribution is 0.354. The molecule has 1 aromatic heterocycles. The normalized spacial score (nSPS) is 9.39. The molecule has 7 heteroatoms. The number of hydrogen-bond donors (Lipinski definition) is 0. The summed E-state index contributed by atoms with van der Waals surface area (Å²) in [6, 6.07) is 9.86. The molecule has 2 aromatic rings. The highest BCUT2D eigenvalue weighted by atomic mass is 35.5. The molecule has 4 nitrogen and oxygen atoms in total. The zero-order valence-electron chi connectivity index (χ0n) is 13.3. The summed E-state index contributed by atoms with van der Waals surface area (Å²) in [5, 5.41) is 0. The predicted octanol–water partition coefficient (Wildman–Crippen LogP) is 4.32. The Morgan fingerprint density at radius 2 is 1.65 bits per heavy atom. The van der Waals surface area contributed by atoms with E-state index in [9.17, 15) is 0 Å². The van der Waals surface area contributed by atoms with Gasteiger partial charge < -0.3 is 14.4 Å². The number of rotatable bonds is 6. The second-order valence-electron chi connectivity index (χ2n) is 4.70. The summed E-state index contributed by atoms with van der Waals surface area (Å²) in [5.74, 6) is 2.84. The maximum absolute atomic E-state index is 5.77. The molecule has 0 fully saturated rings. The van der Waals surface area contributed by atoms with E-state index in [4.69, 9.17) is 21.1 Å². The van der Waals surface area contributed by atoms with Crippen LogP contribution in [0.2, 0.25) is 0 Å². The zero-order valence-corrected chi connectivity index (χ0v) is 15.7. The van der Waals surface area contributed by atoms with Crippen LogP contribution in [0.5, 0.6) is 11.5 Å². The first-order valence-corrected chi connectivity index (χ1v) is 7.14. The third kappa shape index (κ3) is 5.65. The second-order valence-corrected chi connectivity index (χ2v) is 4.97. The van der Waals surface area contributed by atoms with E-state index in [1.54, 1.807) is 20.4 Å². The fraction of sp³-hybridized carbons (Fsp3) is 0.312. The van der Waals surface area contributed by atoms with Crippen LogP contribution in [-0.4, -0.2) is 26.3 Å². The van der Waals surface area contributed by atoms with E-state index in [2.05, 4.69) is 9.88 Å². The number of aromatic nitrogens is 1. The molecule has 0 spiro atoms. The number of pyridine rings is 1. The molecule has 0 amide bonds. The Morgan fingerprint density at radius 1 is 1.00 bits per heavy atom. The molecule has 0 N–H and O–H groups in total. The standard InChI is InChI=1S/C16H19ClN2O2.2ClH/c1-19(16-7-5-13(9-17)10-18-16)11-12-4-6-14(20-2)15(8-12)21-3;;/h4-8,10H,9,11H2,1-3H3;2*1H. The van der Waals surface area contributed by atoms with Crippen molar-refractivity contribution in [1.82, 2.24) is 4.98 Å². The SMILES string of the molecule is COc1ccc(CN(C)c2ccc(CCl)cn2)cc1OC.Cl.Cl. The number of alkyl halides is 1. The first-order valence-electron chi connectivity index (χ1n) is 6.61. The van der Waals surface area contributed by atoms with E-state index in [-0.39, 0.29) is 24.8 Å². The largest absolute Gasteiger partial charge is 0.493 e. The average Bonchev–Trinajstić information content (AvgIpc) is 2.54. The number of ether oxygens (including phenoxy) is 2. The first kappa shape index (κ1) is 21.6. The minimum Gasteiger partial charge on any atom is -0.493 e. The lowest BCUT2D eigenvalue weighted by Gasteiger charge is -2.19. The Hall–Kier alpha value is -1.36. The van der Waals surface area contributed by atoms with Gasteiger partial charge in [0.1, 0.15) is 5.82 Å². The Morgan fingerprint density at radius 3 is 2.17 bits per heavy atom. The molecule has 1 aromatic carbocycles. The lowest BCUT2D eigenvalue weighted by atomic mass is 10.2. The minimum absolute atomic E-state index is 0. The fourth-order valence-corrected chi connectivity index (χ4v) is 2.21. The highest BCUT2D eigenvalue weighted by molar-refractivity contribution is 6.17. The molecule has 2 rings (SSSR count). The smallest absolute Gasteiger partial charge is 0.161 e. The molecular weight excluding hydrogens is 359 g/mol. The summed E-state index contributed by atoms with van der Waals surface area (Å²) in [4.78, 5) is 6.48. The van der Waals surface area contributed by atoms with Gasteiger partial charge in [0, 0.05) is 25.7 Å². The van der Waals surface area contributed by atoms with E-state index in [1.807, 2.05) is 37.4 Å². The summed E-state index contributed by atoms with van der Waals surface area (Å²) in [6.07, 6.45) is 1.80. The van der Waals surface area contributed by atoms with Crippen LogP contribution in [-0.2, 0) is 12.4 Å². The van der Waals surface area contributed by atoms with Crippen LogP contribution >= 0.6 is 36.4 Å². The third-order valence-corrected chi connectivity index (χ3v) is 3.53. The minimum atomic E-state index is 0. The Labute approximate surface area is 154 Å². The van der Waals surface area contributed by atoms with Gasteiger partial charge in [-0.3, -0.25) is 0 Å². The van der Waals surface area contributed by atoms with Crippen LogP contribution in [0.4, 0.5) is 5.82 Å². The molecule has 0 aliphatic heterocycles. The van der Waals surface area contributed by atoms with Crippen LogP contribution in [0.3, 0.4) is 0 Å². The van der Waals surface area contributed by atoms with Gasteiger partial charge in [-0.25, -0.2) is 4.98 Å². The average molecular weight is 380 g/mol. The summed E-state index contributed by atoms with van der Waals surface area (Å²) in [7, 11) is 5.27. The fourth-order valence-electron chi connectivity index (χ4n) is 2.06. The van der Waals surface area contributed by atoms with E-state index in [1.165, 1.54) is 0 Å². The number of hydrogen-bond acceptors (Lipinski definition) is 4. The van der Waals surface area contributed by atoms with E-state index in [0.29, 0.717) is 5.88 Å². The van der Waals surface area contributed by atoms with Gasteiger partial charge in [0.05, 0.1) is 14.2 Å². The molecule has 0 saturated heterocycles. The van der Waals surface area contributed by atoms with Crippen LogP contribution in [0.1, 0.15) is 11.1 Å². The van der Waals surface area contributed by atoms with E-state index >= 15 is 0 Å². The molecule has 0 aliphatic rings. The molecule has 1 heterocycles. The zero-order chi connectivity index (χ0) is 15.2. The molecular formula is C16H21Cl3N2O2. The number of benzene rings is 1. The van der Waals surface area contributed by atoms with Crippen molar-refractivity contribution in [1.29, 1.82) is 0 Å². The molecule has 0 atom stereocenters. The van der Waals surface area contributed by atoms with Crippen LogP contribution in [0, 0.1) is 0 Å². The molecule has 0 radical (unpaired) electrons. The van der Waals surface area contributed by atoms with Crippen LogP contribution in [0.25, 0.3) is 0 Å². The van der Waals surface area contributed by atoms with Crippen LogP contribution < -0.4 is 14.4 Å². The second kappa shape index (κ2) is 10.4. The van der Waals surface area contributed by atoms with Gasteiger partial charge in [-0.15, -0.1) is 36.4 Å². The maximum Gasteiger partial charge on any atom is 0.161 e. The van der Waals surface area contributed by atoms with Crippen molar-refractivity contribution in [3.8, 4) is 11.5 Å². The van der Waals surface area contributed by atoms with Gasteiger partial charge in [0.25, 0.3) is 0 Å². The Bertz CT molecular complexity index is 594. The van der Waals surface area contributed by atoms with Gasteiger partial charge in [-0.1, -0.05) is 12.1 Å². The van der Waals surface area contributed by atoms with Gasteiger partial charge >= 0.3 is 0 Å². The Balaban J connectivity index is 0.00000242. The molecule has 23 heavy (non-hydrogen) atoms. The topological polar surface area (TPSA) is 34.6 Å². The quantitative estimate of drug-likeness (QED) is 0.700. The van der Waals surface area contributed by atoms with E-state index in [0.717, 1.165) is 35.0 Å². The van der Waals surface area contributed by atoms with E-state index < -0.39 is 0 Å². The summed E-state index contributed by atoms with van der Waals surface area (Å²) in [6.45, 7) is 0.730. The van der Waals surface area contributed by atoms with Crippen LogP contribution in [0.15, 0.2) is 36.5 Å². The summed E-state index contributed by atoms with van der Waals surface area (Å²) < 4.78 is 10.6. The first-order chi connectivity index (χ1) is 10.2. The molecule has 0 saturated carbocycles. The molecule has 128 valence electrons. The van der Waals surface area contributed by atoms with Gasteiger partial charge in [-0.2, -0.15) is 0 Å². The van der Waals surface area contributed by atoms with Crippen molar-refractivity contribution in [3.63, 3.8) is 0 Å². The van der Waals surface area contributed by atoms with Crippen molar-refractivity contribution in [2.45, 2.75) is 12.4 Å². The van der Waals surface area contributed by atoms with Crippen molar-refractivity contribution >= 4 is 42.2 Å². The number of anilines is 1. The highest BCUT2D eigenvalue weighted by Crippen LogP contribution is 2.28. The van der Waals surface area contributed by atoms with Gasteiger partial charge in [0.15, 0.2) is 11.5 Å². The van der Waals surface area contributed by atoms with Crippen molar-refractivity contribution in [2.24, 2.45) is 0 Å². The molecule has 0 bridgehead atoms. The van der Waals surface area contributed by atoms with Gasteiger partial charge in [-0.05, 0) is 29.3 Å². The lowest BCUT2D eigenvalue weighted by Crippen LogP contribution is -2.17. The van der Waals surface area contributed by atoms with Gasteiger partial charge in [0.2, 0.25) is 0 Å². The van der Waals surface area contributed by atoms with Crippen molar-refractivity contribution in [3.05, 3.63) is 47.7 Å².